The molecule has 0 fully saturated rings. The topological polar surface area (TPSA) is 54.9 Å². The van der Waals surface area contributed by atoms with Crippen LogP contribution in [0.5, 0.6) is 11.5 Å². The number of benzene rings is 1. The minimum Gasteiger partial charge on any atom is -0.493 e. The lowest BCUT2D eigenvalue weighted by atomic mass is 10.2. The summed E-state index contributed by atoms with van der Waals surface area (Å²) in [7, 11) is 3.27. The molecule has 5 nitrogen and oxygen atoms in total. The Hall–Kier alpha value is -1.18. The molecule has 22 heavy (non-hydrogen) atoms. The standard InChI is InChI=1S/C16H27N3O2.HI/c1-6-17-16(18-10-12(2)3)19-11-13-7-8-14(20-4)15(9-13)21-5;/h7-9,12H,6,10-11H2,1-5H3,(H2,17,18,19);1H. The first-order valence-electron chi connectivity index (χ1n) is 7.33. The molecule has 0 bridgehead atoms. The molecule has 0 spiro atoms. The summed E-state index contributed by atoms with van der Waals surface area (Å²) in [5, 5.41) is 6.57. The van der Waals surface area contributed by atoms with E-state index in [1.807, 2.05) is 18.2 Å². The van der Waals surface area contributed by atoms with Gasteiger partial charge in [-0.15, -0.1) is 24.0 Å². The third kappa shape index (κ3) is 7.20. The van der Waals surface area contributed by atoms with Crippen LogP contribution in [0.3, 0.4) is 0 Å². The molecule has 1 aromatic rings. The number of nitrogens with one attached hydrogen (secondary N) is 2. The van der Waals surface area contributed by atoms with E-state index in [0.717, 1.165) is 36.1 Å². The van der Waals surface area contributed by atoms with E-state index in [2.05, 4.69) is 36.4 Å². The highest BCUT2D eigenvalue weighted by molar-refractivity contribution is 14.0. The maximum Gasteiger partial charge on any atom is 0.191 e. The van der Waals surface area contributed by atoms with Gasteiger partial charge in [0.25, 0.3) is 0 Å². The molecule has 0 aliphatic carbocycles. The smallest absolute Gasteiger partial charge is 0.191 e. The second-order valence-corrected chi connectivity index (χ2v) is 5.16. The summed E-state index contributed by atoms with van der Waals surface area (Å²) >= 11 is 0. The van der Waals surface area contributed by atoms with Gasteiger partial charge in [0, 0.05) is 13.1 Å². The Bertz CT molecular complexity index is 465. The van der Waals surface area contributed by atoms with Gasteiger partial charge >= 0.3 is 0 Å². The number of rotatable bonds is 7. The average Bonchev–Trinajstić information content (AvgIpc) is 2.49. The van der Waals surface area contributed by atoms with Crippen molar-refractivity contribution in [2.24, 2.45) is 10.9 Å². The number of methoxy groups -OCH3 is 2. The molecule has 126 valence electrons. The molecular weight excluding hydrogens is 393 g/mol. The van der Waals surface area contributed by atoms with Crippen molar-refractivity contribution in [3.05, 3.63) is 23.8 Å². The van der Waals surface area contributed by atoms with Gasteiger partial charge in [-0.2, -0.15) is 0 Å². The molecule has 0 unspecified atom stereocenters. The Morgan fingerprint density at radius 1 is 1.14 bits per heavy atom. The van der Waals surface area contributed by atoms with E-state index in [-0.39, 0.29) is 24.0 Å². The fourth-order valence-electron chi connectivity index (χ4n) is 1.79. The molecule has 1 aromatic carbocycles. The number of guanidine groups is 1. The second-order valence-electron chi connectivity index (χ2n) is 5.16. The molecule has 0 aromatic heterocycles. The van der Waals surface area contributed by atoms with Crippen molar-refractivity contribution in [3.63, 3.8) is 0 Å². The Morgan fingerprint density at radius 2 is 1.82 bits per heavy atom. The second kappa shape index (κ2) is 11.4. The van der Waals surface area contributed by atoms with Crippen LogP contribution in [0.15, 0.2) is 23.2 Å². The average molecular weight is 421 g/mol. The lowest BCUT2D eigenvalue weighted by Gasteiger charge is -2.13. The highest BCUT2D eigenvalue weighted by atomic mass is 127. The van der Waals surface area contributed by atoms with Crippen molar-refractivity contribution < 1.29 is 9.47 Å². The van der Waals surface area contributed by atoms with E-state index in [4.69, 9.17) is 9.47 Å². The van der Waals surface area contributed by atoms with Crippen LogP contribution in [-0.2, 0) is 6.54 Å². The largest absolute Gasteiger partial charge is 0.493 e. The van der Waals surface area contributed by atoms with E-state index in [1.165, 1.54) is 0 Å². The van der Waals surface area contributed by atoms with Gasteiger partial charge < -0.3 is 20.1 Å². The number of aliphatic imine (C=N–C) groups is 1. The fourth-order valence-corrected chi connectivity index (χ4v) is 1.79. The zero-order valence-electron chi connectivity index (χ0n) is 14.1. The Balaban J connectivity index is 0.00000441. The molecule has 1 rings (SSSR count). The minimum absolute atomic E-state index is 0. The summed E-state index contributed by atoms with van der Waals surface area (Å²) in [6.45, 7) is 8.74. The summed E-state index contributed by atoms with van der Waals surface area (Å²) in [4.78, 5) is 4.58. The van der Waals surface area contributed by atoms with Gasteiger partial charge in [0.05, 0.1) is 20.8 Å². The van der Waals surface area contributed by atoms with Gasteiger partial charge in [0.15, 0.2) is 17.5 Å². The number of hydrogen-bond acceptors (Lipinski definition) is 3. The minimum atomic E-state index is 0. The molecule has 0 saturated carbocycles. The van der Waals surface area contributed by atoms with Gasteiger partial charge in [-0.1, -0.05) is 19.9 Å². The van der Waals surface area contributed by atoms with E-state index in [0.29, 0.717) is 12.5 Å². The molecule has 0 amide bonds. The first kappa shape index (κ1) is 20.8. The van der Waals surface area contributed by atoms with Crippen LogP contribution < -0.4 is 20.1 Å². The van der Waals surface area contributed by atoms with Crippen LogP contribution in [0.25, 0.3) is 0 Å². The van der Waals surface area contributed by atoms with Crippen molar-refractivity contribution in [3.8, 4) is 11.5 Å². The molecular formula is C16H28IN3O2. The highest BCUT2D eigenvalue weighted by Gasteiger charge is 2.05. The maximum absolute atomic E-state index is 5.31. The first-order chi connectivity index (χ1) is 10.1. The summed E-state index contributed by atoms with van der Waals surface area (Å²) in [6.07, 6.45) is 0. The lowest BCUT2D eigenvalue weighted by Crippen LogP contribution is -2.39. The van der Waals surface area contributed by atoms with Crippen molar-refractivity contribution in [2.75, 3.05) is 27.3 Å². The number of halogens is 1. The van der Waals surface area contributed by atoms with Gasteiger partial charge in [0.2, 0.25) is 0 Å². The molecule has 0 atom stereocenters. The molecule has 0 radical (unpaired) electrons. The molecule has 2 N–H and O–H groups in total. The Kier molecular flexibility index (Phi) is 10.8. The number of nitrogens with zero attached hydrogens (tertiary/aromatic N) is 1. The fraction of sp³-hybridized carbons (Fsp3) is 0.562. The summed E-state index contributed by atoms with van der Waals surface area (Å²) in [6, 6.07) is 5.85. The normalized spacial score (nSPS) is 10.9. The SMILES string of the molecule is CCNC(=NCc1ccc(OC)c(OC)c1)NCC(C)C.I. The van der Waals surface area contributed by atoms with Crippen LogP contribution in [0.4, 0.5) is 0 Å². The summed E-state index contributed by atoms with van der Waals surface area (Å²) < 4.78 is 10.5. The van der Waals surface area contributed by atoms with Crippen molar-refractivity contribution in [1.29, 1.82) is 0 Å². The van der Waals surface area contributed by atoms with Crippen molar-refractivity contribution in [1.82, 2.24) is 10.6 Å². The van der Waals surface area contributed by atoms with Crippen LogP contribution in [-0.4, -0.2) is 33.3 Å². The highest BCUT2D eigenvalue weighted by Crippen LogP contribution is 2.27. The van der Waals surface area contributed by atoms with E-state index in [1.54, 1.807) is 14.2 Å². The van der Waals surface area contributed by atoms with E-state index in [9.17, 15) is 0 Å². The molecule has 0 heterocycles. The quantitative estimate of drug-likeness (QED) is 0.404. The number of ether oxygens (including phenoxy) is 2. The molecule has 6 heteroatoms. The van der Waals surface area contributed by atoms with Crippen LogP contribution in [0.1, 0.15) is 26.3 Å². The molecule has 0 aliphatic rings. The zero-order chi connectivity index (χ0) is 15.7. The first-order valence-corrected chi connectivity index (χ1v) is 7.33. The predicted molar refractivity (Wildman–Crippen MR) is 103 cm³/mol. The lowest BCUT2D eigenvalue weighted by molar-refractivity contribution is 0.354. The van der Waals surface area contributed by atoms with Gasteiger partial charge in [-0.3, -0.25) is 0 Å². The van der Waals surface area contributed by atoms with Crippen LogP contribution in [0, 0.1) is 5.92 Å². The van der Waals surface area contributed by atoms with Crippen LogP contribution >= 0.6 is 24.0 Å². The number of hydrogen-bond donors (Lipinski definition) is 2. The third-order valence-corrected chi connectivity index (χ3v) is 2.89. The maximum atomic E-state index is 5.31. The third-order valence-electron chi connectivity index (χ3n) is 2.89. The molecule has 0 saturated heterocycles. The van der Waals surface area contributed by atoms with E-state index >= 15 is 0 Å². The van der Waals surface area contributed by atoms with E-state index < -0.39 is 0 Å². The summed E-state index contributed by atoms with van der Waals surface area (Å²) in [5.41, 5.74) is 1.08. The Morgan fingerprint density at radius 3 is 2.36 bits per heavy atom. The van der Waals surface area contributed by atoms with Crippen molar-refractivity contribution in [2.45, 2.75) is 27.3 Å². The molecule has 0 aliphatic heterocycles. The predicted octanol–water partition coefficient (Wildman–Crippen LogP) is 3.03. The summed E-state index contributed by atoms with van der Waals surface area (Å²) in [5.74, 6) is 2.87. The van der Waals surface area contributed by atoms with Gasteiger partial charge in [-0.05, 0) is 30.5 Å². The van der Waals surface area contributed by atoms with Crippen molar-refractivity contribution >= 4 is 29.9 Å². The zero-order valence-corrected chi connectivity index (χ0v) is 16.4. The van der Waals surface area contributed by atoms with Gasteiger partial charge in [0.1, 0.15) is 0 Å². The van der Waals surface area contributed by atoms with Crippen LogP contribution in [0.2, 0.25) is 0 Å². The Labute approximate surface area is 150 Å². The van der Waals surface area contributed by atoms with Gasteiger partial charge in [-0.25, -0.2) is 4.99 Å². The monoisotopic (exact) mass is 421 g/mol.